The molecule has 14 rings (SSSR count). The number of sulfone groups is 1. The molecule has 4 N–H and O–H groups in total. The molecule has 0 amide bonds. The monoisotopic (exact) mass is 1460 g/mol. The highest BCUT2D eigenvalue weighted by Gasteiger charge is 2.35. The number of anilines is 1. The third-order valence-electron chi connectivity index (χ3n) is 21.1. The fourth-order valence-corrected chi connectivity index (χ4v) is 16.3. The minimum absolute atomic E-state index is 0.0332. The van der Waals surface area contributed by atoms with Crippen LogP contribution in [0.25, 0.3) is 49.9 Å². The van der Waals surface area contributed by atoms with Gasteiger partial charge in [0.2, 0.25) is 5.95 Å². The Morgan fingerprint density at radius 3 is 1.21 bits per heavy atom. The van der Waals surface area contributed by atoms with Crippen LogP contribution in [0.1, 0.15) is 227 Å². The van der Waals surface area contributed by atoms with Crippen LogP contribution in [-0.4, -0.2) is 152 Å². The Bertz CT molecular complexity index is 4230. The highest BCUT2D eigenvalue weighted by Crippen LogP contribution is 2.43. The number of aromatic nitrogens is 15. The van der Waals surface area contributed by atoms with Gasteiger partial charge in [-0.1, -0.05) is 39.5 Å². The molecule has 0 radical (unpaired) electrons. The van der Waals surface area contributed by atoms with Crippen LogP contribution in [-0.2, 0) is 29.2 Å². The molecule has 0 spiro atoms. The van der Waals surface area contributed by atoms with Crippen molar-refractivity contribution in [3.05, 3.63) is 103 Å². The third kappa shape index (κ3) is 19.5. The van der Waals surface area contributed by atoms with Crippen molar-refractivity contribution in [2.45, 2.75) is 261 Å². The van der Waals surface area contributed by atoms with Crippen molar-refractivity contribution in [2.75, 3.05) is 17.3 Å². The first-order chi connectivity index (χ1) is 48.9. The second kappa shape index (κ2) is 31.7. The van der Waals surface area contributed by atoms with E-state index in [4.69, 9.17) is 10.2 Å². The summed E-state index contributed by atoms with van der Waals surface area (Å²) in [5, 5.41) is 60.1. The van der Waals surface area contributed by atoms with Crippen molar-refractivity contribution in [1.82, 2.24) is 73.1 Å². The lowest BCUT2D eigenvalue weighted by Crippen LogP contribution is -2.25. The van der Waals surface area contributed by atoms with Gasteiger partial charge < -0.3 is 20.6 Å². The molecule has 0 aliphatic heterocycles. The number of hydrogen-bond donors (Lipinski definition) is 4. The number of nitrogens with zero attached hydrogens (tertiary/aromatic N) is 15. The molecular formula is C72H93F9N16O5S. The fourth-order valence-electron chi connectivity index (χ4n) is 15.8. The Kier molecular flexibility index (Phi) is 23.1. The summed E-state index contributed by atoms with van der Waals surface area (Å²) in [5.41, 5.74) is 10.9. The van der Waals surface area contributed by atoms with Crippen molar-refractivity contribution in [1.29, 1.82) is 0 Å². The molecular weight excluding hydrogens is 1370 g/mol. The van der Waals surface area contributed by atoms with Crippen molar-refractivity contribution in [3.63, 3.8) is 0 Å². The quantitative estimate of drug-likeness (QED) is 0.0518. The number of aliphatic hydroxyl groups is 3. The van der Waals surface area contributed by atoms with Crippen molar-refractivity contribution < 1.29 is 63.3 Å². The molecule has 21 nitrogen and oxygen atoms in total. The van der Waals surface area contributed by atoms with Crippen LogP contribution in [0.4, 0.5) is 45.5 Å². The Hall–Kier alpha value is -7.51. The van der Waals surface area contributed by atoms with Crippen LogP contribution in [0.2, 0.25) is 0 Å². The first-order valence-electron chi connectivity index (χ1n) is 36.4. The Morgan fingerprint density at radius 2 is 0.835 bits per heavy atom. The highest BCUT2D eigenvalue weighted by molar-refractivity contribution is 7.90. The SMILES string of the molecule is C[C@@H](CC(F)(F)F)Nc1ncc2c(-c3cnn(CCS(C)(=O)=O)c3)cc(C3CCC(O)CC3)n2n1.C[C@H](Cc1ncc2c(-c3cnn(C4CCCC4)c3)cc(C3CCC(O)CC3)n2n1)CC(F)(F)F.C[C@H](Cc1ncc2c(-c3cnn(C4CCCC4)c3)cc(C3CCC(O)CC3)n2n1)CC(F)(F)F. The zero-order valence-electron chi connectivity index (χ0n) is 58.5. The lowest BCUT2D eigenvalue weighted by atomic mass is 9.85. The standard InChI is InChI=1S/2C25H32F3N5O.C22H29F3N6O3S/c2*1-16(12-25(26,27)28)10-24-29-14-23-21(18-13-30-32(15-18)19-4-2-3-5-19)11-22(33(23)31-24)17-6-8-20(34)9-7-17;1-14(10-22(23,24)25)28-21-26-12-20-18(16-11-27-30(13-16)7-8-35(2,33)34)9-19(31(20)29-21)15-3-5-17(32)6-4-15/h2*11,13-17,19-20,34H,2-10,12H2,1H3;9,11-15,17,32H,3-8,10H2,1-2H3,(H,28,29)/t2*16-,17?,20?;14-,15?,17?/m110/s1. The van der Waals surface area contributed by atoms with Gasteiger partial charge in [-0.25, -0.2) is 36.9 Å². The maximum Gasteiger partial charge on any atom is 0.391 e. The molecule has 3 atom stereocenters. The summed E-state index contributed by atoms with van der Waals surface area (Å²) in [6.07, 6.45) is 20.5. The molecule has 31 heteroatoms. The number of rotatable bonds is 20. The van der Waals surface area contributed by atoms with Crippen LogP contribution in [0, 0.1) is 11.8 Å². The molecule has 0 saturated heterocycles. The van der Waals surface area contributed by atoms with Gasteiger partial charge in [-0.15, -0.1) is 5.10 Å². The summed E-state index contributed by atoms with van der Waals surface area (Å²) in [5.74, 6) is 0.322. The second-order valence-electron chi connectivity index (χ2n) is 29.8. The smallest absolute Gasteiger partial charge is 0.391 e. The lowest BCUT2D eigenvalue weighted by Gasteiger charge is -2.25. The van der Waals surface area contributed by atoms with Crippen molar-refractivity contribution in [3.8, 4) is 33.4 Å². The predicted octanol–water partition coefficient (Wildman–Crippen LogP) is 15.1. The van der Waals surface area contributed by atoms with E-state index < -0.39 is 65.5 Å². The molecule has 103 heavy (non-hydrogen) atoms. The molecule has 5 aliphatic rings. The van der Waals surface area contributed by atoms with Gasteiger partial charge in [0.15, 0.2) is 0 Å². The van der Waals surface area contributed by atoms with E-state index in [1.54, 1.807) is 54.0 Å². The van der Waals surface area contributed by atoms with E-state index in [2.05, 4.69) is 74.6 Å². The lowest BCUT2D eigenvalue weighted by molar-refractivity contribution is -0.144. The largest absolute Gasteiger partial charge is 0.393 e. The number of fused-ring (bicyclic) bond motifs is 3. The van der Waals surface area contributed by atoms with Gasteiger partial charge >= 0.3 is 18.5 Å². The first kappa shape index (κ1) is 75.2. The zero-order chi connectivity index (χ0) is 73.1. The molecule has 5 saturated carbocycles. The summed E-state index contributed by atoms with van der Waals surface area (Å²) >= 11 is 0. The average Bonchev–Trinajstić information content (AvgIpc) is 1.63. The maximum absolute atomic E-state index is 12.8. The summed E-state index contributed by atoms with van der Waals surface area (Å²) in [6.45, 7) is 4.82. The van der Waals surface area contributed by atoms with E-state index in [1.165, 1.54) is 38.9 Å². The van der Waals surface area contributed by atoms with Gasteiger partial charge in [0, 0.05) is 125 Å². The number of aliphatic hydroxyl groups excluding tert-OH is 3. The summed E-state index contributed by atoms with van der Waals surface area (Å²) in [6, 6.07) is 6.26. The third-order valence-corrected chi connectivity index (χ3v) is 22.0. The van der Waals surface area contributed by atoms with Crippen LogP contribution in [0.3, 0.4) is 0 Å². The molecule has 0 bridgehead atoms. The summed E-state index contributed by atoms with van der Waals surface area (Å²) in [4.78, 5) is 13.2. The van der Waals surface area contributed by atoms with Crippen molar-refractivity contribution >= 4 is 32.3 Å². The molecule has 9 aromatic rings. The number of hydrogen-bond acceptors (Lipinski definition) is 15. The van der Waals surface area contributed by atoms with Gasteiger partial charge in [-0.3, -0.25) is 14.0 Å². The van der Waals surface area contributed by atoms with E-state index in [1.807, 2.05) is 27.5 Å². The number of nitrogens with one attached hydrogen (secondary N) is 1. The van der Waals surface area contributed by atoms with E-state index in [0.717, 1.165) is 151 Å². The molecule has 0 aromatic carbocycles. The Morgan fingerprint density at radius 1 is 0.476 bits per heavy atom. The molecule has 0 unspecified atom stereocenters. The Balaban J connectivity index is 0.000000146. The van der Waals surface area contributed by atoms with Crippen LogP contribution < -0.4 is 5.32 Å². The Labute approximate surface area is 592 Å². The molecule has 5 aliphatic carbocycles. The van der Waals surface area contributed by atoms with E-state index in [-0.39, 0.29) is 67.2 Å². The van der Waals surface area contributed by atoms with Crippen LogP contribution in [0.5, 0.6) is 0 Å². The first-order valence-corrected chi connectivity index (χ1v) is 38.4. The summed E-state index contributed by atoms with van der Waals surface area (Å²) in [7, 11) is -3.14. The van der Waals surface area contributed by atoms with Gasteiger partial charge in [-0.2, -0.15) is 65.0 Å². The zero-order valence-corrected chi connectivity index (χ0v) is 59.4. The number of aryl methyl sites for hydroxylation is 1. The second-order valence-corrected chi connectivity index (χ2v) is 32.1. The minimum Gasteiger partial charge on any atom is -0.393 e. The van der Waals surface area contributed by atoms with Crippen LogP contribution in [0.15, 0.2) is 74.0 Å². The normalized spacial score (nSPS) is 22.1. The summed E-state index contributed by atoms with van der Waals surface area (Å²) < 4.78 is 149. The van der Waals surface area contributed by atoms with Gasteiger partial charge in [-0.05, 0) is 140 Å². The predicted molar refractivity (Wildman–Crippen MR) is 370 cm³/mol. The van der Waals surface area contributed by atoms with Crippen molar-refractivity contribution in [2.24, 2.45) is 11.8 Å². The van der Waals surface area contributed by atoms with Crippen LogP contribution >= 0.6 is 0 Å². The minimum atomic E-state index is -4.30. The van der Waals surface area contributed by atoms with E-state index in [0.29, 0.717) is 42.1 Å². The topological polar surface area (TPSA) is 251 Å². The molecule has 5 fully saturated rings. The molecule has 560 valence electrons. The fraction of sp³-hybridized carbons (Fsp3) is 0.625. The molecule has 9 aromatic heterocycles. The van der Waals surface area contributed by atoms with Gasteiger partial charge in [0.05, 0.1) is 103 Å². The van der Waals surface area contributed by atoms with Gasteiger partial charge in [0.1, 0.15) is 21.5 Å². The molecule has 9 heterocycles. The van der Waals surface area contributed by atoms with E-state index in [9.17, 15) is 63.3 Å². The number of alkyl halides is 9. The highest BCUT2D eigenvalue weighted by atomic mass is 32.2. The average molecular weight is 1470 g/mol. The number of halogens is 9. The maximum atomic E-state index is 12.8. The van der Waals surface area contributed by atoms with Gasteiger partial charge in [0.25, 0.3) is 0 Å². The van der Waals surface area contributed by atoms with E-state index >= 15 is 0 Å².